The highest BCUT2D eigenvalue weighted by Gasteiger charge is 2.23. The number of nitrogens with zero attached hydrogens (tertiary/aromatic N) is 1. The monoisotopic (exact) mass is 347 g/mol. The molecule has 0 aliphatic carbocycles. The van der Waals surface area contributed by atoms with Crippen LogP contribution in [0.15, 0.2) is 47.2 Å². The molecule has 2 heterocycles. The number of anilines is 1. The zero-order valence-corrected chi connectivity index (χ0v) is 13.3. The van der Waals surface area contributed by atoms with Gasteiger partial charge in [0.05, 0.1) is 5.56 Å². The molecular weight excluding hydrogens is 330 g/mol. The molecule has 1 amide bonds. The maximum absolute atomic E-state index is 11.9. The molecule has 3 rings (SSSR count). The van der Waals surface area contributed by atoms with E-state index in [1.165, 1.54) is 5.69 Å². The number of aromatic nitrogens is 1. The molecule has 0 radical (unpaired) electrons. The largest absolute Gasteiger partial charge is 0.371 e. The molecule has 4 nitrogen and oxygen atoms in total. The molecule has 0 bridgehead atoms. The van der Waals surface area contributed by atoms with Crippen molar-refractivity contribution in [2.45, 2.75) is 6.42 Å². The summed E-state index contributed by atoms with van der Waals surface area (Å²) >= 11 is 3.51. The quantitative estimate of drug-likeness (QED) is 0.892. The fourth-order valence-electron chi connectivity index (χ4n) is 2.71. The van der Waals surface area contributed by atoms with E-state index in [-0.39, 0.29) is 5.91 Å². The molecule has 21 heavy (non-hydrogen) atoms. The normalized spacial score (nSPS) is 18.0. The van der Waals surface area contributed by atoms with E-state index in [0.717, 1.165) is 30.5 Å². The van der Waals surface area contributed by atoms with Gasteiger partial charge in [-0.25, -0.2) is 0 Å². The number of hydrogen-bond acceptors (Lipinski definition) is 2. The van der Waals surface area contributed by atoms with E-state index in [1.54, 1.807) is 18.5 Å². The molecular formula is C16H18BrN3O. The van der Waals surface area contributed by atoms with Crippen molar-refractivity contribution in [1.82, 2.24) is 10.3 Å². The summed E-state index contributed by atoms with van der Waals surface area (Å²) in [5.74, 6) is 0.504. The zero-order valence-electron chi connectivity index (χ0n) is 11.7. The molecule has 0 spiro atoms. The topological polar surface area (TPSA) is 48.1 Å². The third kappa shape index (κ3) is 3.47. The Morgan fingerprint density at radius 1 is 1.43 bits per heavy atom. The number of halogens is 1. The first-order valence-electron chi connectivity index (χ1n) is 7.14. The van der Waals surface area contributed by atoms with Gasteiger partial charge in [-0.05, 0) is 36.6 Å². The van der Waals surface area contributed by atoms with Gasteiger partial charge in [0.1, 0.15) is 0 Å². The number of benzene rings is 1. The lowest BCUT2D eigenvalue weighted by Crippen LogP contribution is -2.30. The molecule has 1 aliphatic rings. The first kappa shape index (κ1) is 14.2. The number of hydrogen-bond donors (Lipinski definition) is 2. The van der Waals surface area contributed by atoms with Gasteiger partial charge in [0, 0.05) is 42.2 Å². The van der Waals surface area contributed by atoms with Crippen LogP contribution in [0.4, 0.5) is 5.69 Å². The van der Waals surface area contributed by atoms with E-state index in [2.05, 4.69) is 49.3 Å². The Kier molecular flexibility index (Phi) is 4.29. The smallest absolute Gasteiger partial charge is 0.252 e. The van der Waals surface area contributed by atoms with Gasteiger partial charge in [0.15, 0.2) is 0 Å². The predicted molar refractivity (Wildman–Crippen MR) is 87.6 cm³/mol. The highest BCUT2D eigenvalue weighted by molar-refractivity contribution is 9.10. The van der Waals surface area contributed by atoms with E-state index < -0.39 is 0 Å². The van der Waals surface area contributed by atoms with E-state index in [9.17, 15) is 4.79 Å². The third-order valence-corrected chi connectivity index (χ3v) is 4.36. The van der Waals surface area contributed by atoms with Crippen molar-refractivity contribution < 1.29 is 4.79 Å². The van der Waals surface area contributed by atoms with Gasteiger partial charge in [0.25, 0.3) is 5.91 Å². The highest BCUT2D eigenvalue weighted by atomic mass is 79.9. The second-order valence-corrected chi connectivity index (χ2v) is 6.31. The van der Waals surface area contributed by atoms with Gasteiger partial charge < -0.3 is 15.2 Å². The Labute approximate surface area is 132 Å². The SMILES string of the molecule is O=C(NCC1CCN(c2cccc(Br)c2)C1)c1cc[nH]c1. The van der Waals surface area contributed by atoms with Crippen molar-refractivity contribution >= 4 is 27.5 Å². The molecule has 0 saturated carbocycles. The Morgan fingerprint density at radius 2 is 2.33 bits per heavy atom. The number of carbonyl (C=O) groups excluding carboxylic acids is 1. The Bertz CT molecular complexity index is 612. The average Bonchev–Trinajstić information content (AvgIpc) is 3.16. The maximum Gasteiger partial charge on any atom is 0.252 e. The maximum atomic E-state index is 11.9. The van der Waals surface area contributed by atoms with Gasteiger partial charge in [-0.15, -0.1) is 0 Å². The summed E-state index contributed by atoms with van der Waals surface area (Å²) < 4.78 is 1.10. The lowest BCUT2D eigenvalue weighted by molar-refractivity contribution is 0.0948. The van der Waals surface area contributed by atoms with Crippen molar-refractivity contribution in [3.8, 4) is 0 Å². The predicted octanol–water partition coefficient (Wildman–Crippen LogP) is 3.03. The van der Waals surface area contributed by atoms with E-state index in [4.69, 9.17) is 0 Å². The summed E-state index contributed by atoms with van der Waals surface area (Å²) in [5, 5.41) is 3.02. The number of carbonyl (C=O) groups is 1. The van der Waals surface area contributed by atoms with Crippen LogP contribution in [0.3, 0.4) is 0 Å². The Hall–Kier alpha value is -1.75. The van der Waals surface area contributed by atoms with E-state index in [0.29, 0.717) is 11.5 Å². The first-order valence-corrected chi connectivity index (χ1v) is 7.93. The van der Waals surface area contributed by atoms with Gasteiger partial charge in [-0.1, -0.05) is 22.0 Å². The van der Waals surface area contributed by atoms with Crippen molar-refractivity contribution in [2.24, 2.45) is 5.92 Å². The van der Waals surface area contributed by atoms with Crippen molar-refractivity contribution in [1.29, 1.82) is 0 Å². The van der Waals surface area contributed by atoms with E-state index in [1.807, 2.05) is 6.07 Å². The molecule has 1 unspecified atom stereocenters. The fourth-order valence-corrected chi connectivity index (χ4v) is 3.10. The van der Waals surface area contributed by atoms with Crippen LogP contribution in [-0.4, -0.2) is 30.5 Å². The summed E-state index contributed by atoms with van der Waals surface area (Å²) in [4.78, 5) is 17.2. The highest BCUT2D eigenvalue weighted by Crippen LogP contribution is 2.25. The lowest BCUT2D eigenvalue weighted by atomic mass is 10.1. The van der Waals surface area contributed by atoms with Crippen molar-refractivity contribution in [2.75, 3.05) is 24.5 Å². The van der Waals surface area contributed by atoms with Crippen LogP contribution in [0.25, 0.3) is 0 Å². The minimum atomic E-state index is -0.00263. The van der Waals surface area contributed by atoms with Crippen molar-refractivity contribution in [3.05, 3.63) is 52.8 Å². The number of rotatable bonds is 4. The second kappa shape index (κ2) is 6.35. The van der Waals surface area contributed by atoms with Gasteiger partial charge in [-0.3, -0.25) is 4.79 Å². The molecule has 1 saturated heterocycles. The summed E-state index contributed by atoms with van der Waals surface area (Å²) in [6.07, 6.45) is 4.59. The number of nitrogens with one attached hydrogen (secondary N) is 2. The van der Waals surface area contributed by atoms with Crippen LogP contribution in [0.5, 0.6) is 0 Å². The number of H-pyrrole nitrogens is 1. The average molecular weight is 348 g/mol. The lowest BCUT2D eigenvalue weighted by Gasteiger charge is -2.19. The van der Waals surface area contributed by atoms with Crippen LogP contribution in [-0.2, 0) is 0 Å². The van der Waals surface area contributed by atoms with Crippen LogP contribution in [0.2, 0.25) is 0 Å². The summed E-state index contributed by atoms with van der Waals surface area (Å²) in [6.45, 7) is 2.76. The molecule has 1 atom stereocenters. The molecule has 1 aliphatic heterocycles. The minimum Gasteiger partial charge on any atom is -0.371 e. The second-order valence-electron chi connectivity index (χ2n) is 5.39. The van der Waals surface area contributed by atoms with E-state index >= 15 is 0 Å². The first-order chi connectivity index (χ1) is 10.2. The Balaban J connectivity index is 1.52. The van der Waals surface area contributed by atoms with Crippen molar-refractivity contribution in [3.63, 3.8) is 0 Å². The van der Waals surface area contributed by atoms with Crippen LogP contribution in [0, 0.1) is 5.92 Å². The molecule has 2 N–H and O–H groups in total. The van der Waals surface area contributed by atoms with Gasteiger partial charge >= 0.3 is 0 Å². The van der Waals surface area contributed by atoms with Crippen LogP contribution in [0.1, 0.15) is 16.8 Å². The molecule has 1 fully saturated rings. The van der Waals surface area contributed by atoms with Crippen LogP contribution >= 0.6 is 15.9 Å². The van der Waals surface area contributed by atoms with Crippen LogP contribution < -0.4 is 10.2 Å². The van der Waals surface area contributed by atoms with Gasteiger partial charge in [-0.2, -0.15) is 0 Å². The molecule has 1 aromatic heterocycles. The minimum absolute atomic E-state index is 0.00263. The number of amides is 1. The summed E-state index contributed by atoms with van der Waals surface area (Å²) in [7, 11) is 0. The number of aromatic amines is 1. The molecule has 110 valence electrons. The zero-order chi connectivity index (χ0) is 14.7. The molecule has 5 heteroatoms. The summed E-state index contributed by atoms with van der Waals surface area (Å²) in [6, 6.07) is 10.2. The summed E-state index contributed by atoms with van der Waals surface area (Å²) in [5.41, 5.74) is 1.93. The van der Waals surface area contributed by atoms with Gasteiger partial charge in [0.2, 0.25) is 0 Å². The third-order valence-electron chi connectivity index (χ3n) is 3.87. The molecule has 2 aromatic rings. The Morgan fingerprint density at radius 3 is 3.10 bits per heavy atom. The fraction of sp³-hybridized carbons (Fsp3) is 0.312. The standard InChI is InChI=1S/C16H18BrN3O/c17-14-2-1-3-15(8-14)20-7-5-12(11-20)9-19-16(21)13-4-6-18-10-13/h1-4,6,8,10,12,18H,5,7,9,11H2,(H,19,21). The molecule has 1 aromatic carbocycles.